The van der Waals surface area contributed by atoms with Gasteiger partial charge in [0, 0.05) is 56.0 Å². The second-order valence-electron chi connectivity index (χ2n) is 8.71. The summed E-state index contributed by atoms with van der Waals surface area (Å²) in [6.45, 7) is 5.59. The summed E-state index contributed by atoms with van der Waals surface area (Å²) in [4.78, 5) is 32.7. The molecule has 0 spiro atoms. The summed E-state index contributed by atoms with van der Waals surface area (Å²) in [5, 5.41) is 12.5. The first-order chi connectivity index (χ1) is 14.4. The van der Waals surface area contributed by atoms with E-state index >= 15 is 0 Å². The highest BCUT2D eigenvalue weighted by Gasteiger charge is 2.54. The van der Waals surface area contributed by atoms with Crippen LogP contribution in [0.5, 0.6) is 0 Å². The molecule has 0 N–H and O–H groups in total. The minimum Gasteiger partial charge on any atom is -0.342 e. The van der Waals surface area contributed by atoms with Crippen LogP contribution >= 0.6 is 0 Å². The third-order valence-electron chi connectivity index (χ3n) is 6.16. The highest BCUT2D eigenvalue weighted by molar-refractivity contribution is 5.78. The van der Waals surface area contributed by atoms with Crippen molar-refractivity contribution in [1.82, 2.24) is 34.9 Å². The van der Waals surface area contributed by atoms with E-state index in [9.17, 15) is 9.59 Å². The summed E-state index contributed by atoms with van der Waals surface area (Å²) in [7, 11) is 4.09. The van der Waals surface area contributed by atoms with E-state index < -0.39 is 0 Å². The van der Waals surface area contributed by atoms with E-state index in [-0.39, 0.29) is 23.8 Å². The van der Waals surface area contributed by atoms with Gasteiger partial charge in [-0.1, -0.05) is 37.3 Å². The average molecular weight is 412 g/mol. The zero-order valence-corrected chi connectivity index (χ0v) is 17.9. The van der Waals surface area contributed by atoms with E-state index in [1.807, 2.05) is 61.2 Å². The van der Waals surface area contributed by atoms with Crippen molar-refractivity contribution in [2.45, 2.75) is 19.9 Å². The molecule has 9 nitrogen and oxygen atoms in total. The quantitative estimate of drug-likeness (QED) is 0.692. The Labute approximate surface area is 176 Å². The maximum atomic E-state index is 13.0. The fourth-order valence-corrected chi connectivity index (χ4v) is 4.87. The standard InChI is InChI=1S/C21H29N7O2/c1-4-18(29)26-10-17-11-27(15-21(17,14-26)13-25(2)3)19(30)12-28-23-20(22-24-28)16-8-6-5-7-9-16/h5-9,17H,4,10-15H2,1-3H3/t17-,21+/m1/s1. The summed E-state index contributed by atoms with van der Waals surface area (Å²) in [6, 6.07) is 9.60. The predicted octanol–water partition coefficient (Wildman–Crippen LogP) is 0.599. The molecule has 0 aliphatic carbocycles. The molecular weight excluding hydrogens is 382 g/mol. The number of carbonyl (C=O) groups excluding carboxylic acids is 2. The van der Waals surface area contributed by atoms with Gasteiger partial charge in [-0.15, -0.1) is 10.2 Å². The molecule has 2 amide bonds. The second kappa shape index (κ2) is 8.14. The summed E-state index contributed by atoms with van der Waals surface area (Å²) in [5.41, 5.74) is 0.798. The van der Waals surface area contributed by atoms with Crippen LogP contribution in [0.2, 0.25) is 0 Å². The lowest BCUT2D eigenvalue weighted by atomic mass is 9.80. The molecule has 0 saturated carbocycles. The first-order valence-electron chi connectivity index (χ1n) is 10.4. The second-order valence-corrected chi connectivity index (χ2v) is 8.71. The van der Waals surface area contributed by atoms with Crippen molar-refractivity contribution < 1.29 is 9.59 Å². The lowest BCUT2D eigenvalue weighted by Crippen LogP contribution is -2.44. The number of benzene rings is 1. The molecule has 2 aliphatic rings. The van der Waals surface area contributed by atoms with E-state index in [1.54, 1.807) is 0 Å². The molecule has 2 aliphatic heterocycles. The Morgan fingerprint density at radius 3 is 2.40 bits per heavy atom. The fraction of sp³-hybridized carbons (Fsp3) is 0.571. The SMILES string of the molecule is CCC(=O)N1C[C@@H]2CN(C(=O)Cn3nnc(-c4ccccc4)n3)C[C@]2(CN(C)C)C1. The third kappa shape index (κ3) is 3.94. The zero-order valence-electron chi connectivity index (χ0n) is 17.9. The van der Waals surface area contributed by atoms with Gasteiger partial charge in [0.15, 0.2) is 0 Å². The summed E-state index contributed by atoms with van der Waals surface area (Å²) >= 11 is 0. The normalized spacial score (nSPS) is 23.3. The van der Waals surface area contributed by atoms with Crippen LogP contribution in [0.3, 0.4) is 0 Å². The Hall–Kier alpha value is -2.81. The van der Waals surface area contributed by atoms with Crippen molar-refractivity contribution >= 4 is 11.8 Å². The molecule has 30 heavy (non-hydrogen) atoms. The number of carbonyl (C=O) groups is 2. The van der Waals surface area contributed by atoms with Gasteiger partial charge in [-0.25, -0.2) is 0 Å². The molecule has 0 radical (unpaired) electrons. The van der Waals surface area contributed by atoms with Crippen molar-refractivity contribution in [3.63, 3.8) is 0 Å². The van der Waals surface area contributed by atoms with Gasteiger partial charge in [0.2, 0.25) is 17.6 Å². The highest BCUT2D eigenvalue weighted by atomic mass is 16.2. The zero-order chi connectivity index (χ0) is 21.3. The van der Waals surface area contributed by atoms with E-state index in [2.05, 4.69) is 20.3 Å². The smallest absolute Gasteiger partial charge is 0.246 e. The molecule has 0 unspecified atom stereocenters. The number of aromatic nitrogens is 4. The van der Waals surface area contributed by atoms with Crippen LogP contribution in [0.1, 0.15) is 13.3 Å². The van der Waals surface area contributed by atoms with Gasteiger partial charge in [-0.2, -0.15) is 4.80 Å². The van der Waals surface area contributed by atoms with Crippen LogP contribution in [0.4, 0.5) is 0 Å². The van der Waals surface area contributed by atoms with E-state index in [1.165, 1.54) is 4.80 Å². The number of fused-ring (bicyclic) bond motifs is 1. The molecule has 9 heteroatoms. The first kappa shape index (κ1) is 20.5. The van der Waals surface area contributed by atoms with Crippen LogP contribution in [0.15, 0.2) is 30.3 Å². The average Bonchev–Trinajstić information content (AvgIpc) is 3.40. The number of rotatable bonds is 6. The first-order valence-corrected chi connectivity index (χ1v) is 10.4. The molecule has 2 saturated heterocycles. The van der Waals surface area contributed by atoms with Gasteiger partial charge in [0.1, 0.15) is 6.54 Å². The van der Waals surface area contributed by atoms with Gasteiger partial charge in [-0.05, 0) is 19.3 Å². The molecule has 1 aromatic carbocycles. The van der Waals surface area contributed by atoms with Crippen LogP contribution in [0, 0.1) is 11.3 Å². The molecule has 4 rings (SSSR count). The molecule has 2 atom stereocenters. The van der Waals surface area contributed by atoms with Crippen molar-refractivity contribution in [2.75, 3.05) is 46.8 Å². The topological polar surface area (TPSA) is 87.5 Å². The molecule has 2 aromatic rings. The van der Waals surface area contributed by atoms with Gasteiger partial charge < -0.3 is 14.7 Å². The van der Waals surface area contributed by atoms with Gasteiger partial charge in [0.25, 0.3) is 0 Å². The minimum absolute atomic E-state index is 0.00656. The lowest BCUT2D eigenvalue weighted by Gasteiger charge is -2.32. The molecule has 2 fully saturated rings. The van der Waals surface area contributed by atoms with E-state index in [0.29, 0.717) is 37.8 Å². The van der Waals surface area contributed by atoms with Crippen molar-refractivity contribution in [1.29, 1.82) is 0 Å². The number of nitrogens with zero attached hydrogens (tertiary/aromatic N) is 7. The minimum atomic E-state index is -0.0744. The molecule has 1 aromatic heterocycles. The number of tetrazole rings is 1. The van der Waals surface area contributed by atoms with Gasteiger partial charge in [-0.3, -0.25) is 9.59 Å². The van der Waals surface area contributed by atoms with Gasteiger partial charge in [0.05, 0.1) is 0 Å². The summed E-state index contributed by atoms with van der Waals surface area (Å²) in [5.74, 6) is 0.996. The van der Waals surface area contributed by atoms with Crippen molar-refractivity contribution in [3.8, 4) is 11.4 Å². The maximum absolute atomic E-state index is 13.0. The van der Waals surface area contributed by atoms with Crippen LogP contribution in [-0.4, -0.2) is 93.5 Å². The Bertz CT molecular complexity index is 913. The molecular formula is C21H29N7O2. The van der Waals surface area contributed by atoms with Crippen molar-refractivity contribution in [3.05, 3.63) is 30.3 Å². The van der Waals surface area contributed by atoms with Crippen LogP contribution in [0.25, 0.3) is 11.4 Å². The Balaban J connectivity index is 1.44. The lowest BCUT2D eigenvalue weighted by molar-refractivity contribution is -0.132. The summed E-state index contributed by atoms with van der Waals surface area (Å²) < 4.78 is 0. The van der Waals surface area contributed by atoms with Crippen molar-refractivity contribution in [2.24, 2.45) is 11.3 Å². The molecule has 0 bridgehead atoms. The number of hydrogen-bond donors (Lipinski definition) is 0. The Morgan fingerprint density at radius 1 is 1.10 bits per heavy atom. The number of hydrogen-bond acceptors (Lipinski definition) is 6. The predicted molar refractivity (Wildman–Crippen MR) is 111 cm³/mol. The van der Waals surface area contributed by atoms with Crippen LogP contribution in [-0.2, 0) is 16.1 Å². The fourth-order valence-electron chi connectivity index (χ4n) is 4.87. The Morgan fingerprint density at radius 2 is 1.77 bits per heavy atom. The maximum Gasteiger partial charge on any atom is 0.246 e. The Kier molecular flexibility index (Phi) is 5.55. The molecule has 3 heterocycles. The molecule has 160 valence electrons. The van der Waals surface area contributed by atoms with E-state index in [0.717, 1.165) is 18.7 Å². The van der Waals surface area contributed by atoms with E-state index in [4.69, 9.17) is 0 Å². The number of likely N-dealkylation sites (tertiary alicyclic amines) is 2. The monoisotopic (exact) mass is 411 g/mol. The summed E-state index contributed by atoms with van der Waals surface area (Å²) in [6.07, 6.45) is 0.523. The van der Waals surface area contributed by atoms with Crippen LogP contribution < -0.4 is 0 Å². The van der Waals surface area contributed by atoms with Gasteiger partial charge >= 0.3 is 0 Å². The third-order valence-corrected chi connectivity index (χ3v) is 6.16. The largest absolute Gasteiger partial charge is 0.342 e. The highest BCUT2D eigenvalue weighted by Crippen LogP contribution is 2.43. The number of amides is 2.